The van der Waals surface area contributed by atoms with Gasteiger partial charge in [-0.3, -0.25) is 14.3 Å². The van der Waals surface area contributed by atoms with Gasteiger partial charge in [0.15, 0.2) is 0 Å². The number of aryl methyl sites for hydroxylation is 1. The van der Waals surface area contributed by atoms with E-state index in [-0.39, 0.29) is 30.2 Å². The summed E-state index contributed by atoms with van der Waals surface area (Å²) < 4.78 is 1.76. The van der Waals surface area contributed by atoms with Crippen LogP contribution in [0.1, 0.15) is 42.3 Å². The number of likely N-dealkylation sites (tertiary alicyclic amines) is 1. The number of rotatable bonds is 3. The number of benzene rings is 1. The van der Waals surface area contributed by atoms with Gasteiger partial charge in [-0.1, -0.05) is 18.2 Å². The maximum atomic E-state index is 12.9. The van der Waals surface area contributed by atoms with Crippen LogP contribution in [0.3, 0.4) is 0 Å². The van der Waals surface area contributed by atoms with Gasteiger partial charge >= 0.3 is 0 Å². The van der Waals surface area contributed by atoms with Gasteiger partial charge in [0.25, 0.3) is 0 Å². The summed E-state index contributed by atoms with van der Waals surface area (Å²) in [4.78, 5) is 27.0. The van der Waals surface area contributed by atoms with E-state index in [9.17, 15) is 9.59 Å². The van der Waals surface area contributed by atoms with Gasteiger partial charge in [0.1, 0.15) is 0 Å². The number of hydrogen-bond acceptors (Lipinski definition) is 3. The molecule has 1 aromatic heterocycles. The summed E-state index contributed by atoms with van der Waals surface area (Å²) in [7, 11) is 1.88. The summed E-state index contributed by atoms with van der Waals surface area (Å²) in [5, 5.41) is 7.08. The maximum Gasteiger partial charge on any atom is 0.232 e. The maximum absolute atomic E-state index is 12.9. The minimum Gasteiger partial charge on any atom is -0.336 e. The molecule has 4 rings (SSSR count). The Hall–Kier alpha value is -2.63. The van der Waals surface area contributed by atoms with E-state index >= 15 is 0 Å². The lowest BCUT2D eigenvalue weighted by molar-refractivity contribution is -0.134. The monoisotopic (exact) mass is 324 g/mol. The summed E-state index contributed by atoms with van der Waals surface area (Å²) in [5.41, 5.74) is 2.82. The molecule has 24 heavy (non-hydrogen) atoms. The number of carbonyl (C=O) groups excluding carboxylic acids is 2. The predicted molar refractivity (Wildman–Crippen MR) is 89.3 cm³/mol. The van der Waals surface area contributed by atoms with E-state index in [0.717, 1.165) is 36.2 Å². The van der Waals surface area contributed by atoms with Crippen LogP contribution in [0.25, 0.3) is 0 Å². The molecule has 1 fully saturated rings. The van der Waals surface area contributed by atoms with Crippen molar-refractivity contribution in [2.24, 2.45) is 7.05 Å². The van der Waals surface area contributed by atoms with E-state index in [1.54, 1.807) is 4.68 Å². The van der Waals surface area contributed by atoms with Gasteiger partial charge in [0.2, 0.25) is 11.8 Å². The highest BCUT2D eigenvalue weighted by Gasteiger charge is 2.36. The van der Waals surface area contributed by atoms with Crippen LogP contribution in [0.4, 0.5) is 5.69 Å². The molecule has 0 radical (unpaired) electrons. The standard InChI is InChI=1S/C18H20N4O2/c1-21-11-12(10-19-21)16-7-4-8-22(16)17(23)9-14-13-5-2-3-6-15(13)20-18(14)24/h2-3,5-6,10-11,14,16H,4,7-9H2,1H3,(H,20,24)/t14-,16+/m0/s1. The highest BCUT2D eigenvalue weighted by atomic mass is 16.2. The van der Waals surface area contributed by atoms with Gasteiger partial charge in [-0.25, -0.2) is 0 Å². The third-order valence-corrected chi connectivity index (χ3v) is 4.97. The Labute approximate surface area is 140 Å². The first-order valence-electron chi connectivity index (χ1n) is 8.31. The Morgan fingerprint density at radius 3 is 3.00 bits per heavy atom. The van der Waals surface area contributed by atoms with E-state index in [4.69, 9.17) is 0 Å². The van der Waals surface area contributed by atoms with Crippen molar-refractivity contribution >= 4 is 17.5 Å². The second-order valence-corrected chi connectivity index (χ2v) is 6.53. The highest BCUT2D eigenvalue weighted by molar-refractivity contribution is 6.04. The lowest BCUT2D eigenvalue weighted by atomic mass is 9.96. The Kier molecular flexibility index (Phi) is 3.59. The minimum absolute atomic E-state index is 0.0400. The van der Waals surface area contributed by atoms with Crippen molar-refractivity contribution in [3.05, 3.63) is 47.8 Å². The highest BCUT2D eigenvalue weighted by Crippen LogP contribution is 2.37. The zero-order valence-corrected chi connectivity index (χ0v) is 13.6. The molecule has 2 aromatic rings. The van der Waals surface area contributed by atoms with Crippen LogP contribution in [-0.4, -0.2) is 33.0 Å². The van der Waals surface area contributed by atoms with Gasteiger partial charge < -0.3 is 10.2 Å². The number of fused-ring (bicyclic) bond motifs is 1. The molecule has 3 heterocycles. The zero-order valence-electron chi connectivity index (χ0n) is 13.6. The molecule has 1 saturated heterocycles. The van der Waals surface area contributed by atoms with Crippen molar-refractivity contribution in [1.82, 2.24) is 14.7 Å². The third kappa shape index (κ3) is 2.48. The SMILES string of the molecule is Cn1cc([C@H]2CCCN2C(=O)C[C@@H]2C(=O)Nc3ccccc32)cn1. The minimum atomic E-state index is -0.385. The molecule has 2 aliphatic rings. The van der Waals surface area contributed by atoms with Crippen molar-refractivity contribution in [1.29, 1.82) is 0 Å². The van der Waals surface area contributed by atoms with Crippen molar-refractivity contribution in [2.45, 2.75) is 31.2 Å². The molecule has 2 aliphatic heterocycles. The molecule has 6 heteroatoms. The number of para-hydroxylation sites is 1. The van der Waals surface area contributed by atoms with Gasteiger partial charge in [0, 0.05) is 37.5 Å². The second kappa shape index (κ2) is 5.78. The molecule has 0 spiro atoms. The van der Waals surface area contributed by atoms with Crippen molar-refractivity contribution in [3.8, 4) is 0 Å². The molecule has 0 unspecified atom stereocenters. The van der Waals surface area contributed by atoms with Crippen LogP contribution in [0, 0.1) is 0 Å². The average molecular weight is 324 g/mol. The summed E-state index contributed by atoms with van der Waals surface area (Å²) in [5.74, 6) is -0.427. The van der Waals surface area contributed by atoms with E-state index in [1.807, 2.05) is 48.6 Å². The molecule has 1 N–H and O–H groups in total. The number of hydrogen-bond donors (Lipinski definition) is 1. The van der Waals surface area contributed by atoms with Crippen LogP contribution < -0.4 is 5.32 Å². The van der Waals surface area contributed by atoms with E-state index in [0.29, 0.717) is 0 Å². The summed E-state index contributed by atoms with van der Waals surface area (Å²) in [6.07, 6.45) is 5.95. The molecule has 2 atom stereocenters. The Morgan fingerprint density at radius 1 is 1.38 bits per heavy atom. The second-order valence-electron chi connectivity index (χ2n) is 6.53. The topological polar surface area (TPSA) is 67.2 Å². The molecule has 6 nitrogen and oxygen atoms in total. The smallest absolute Gasteiger partial charge is 0.232 e. The normalized spacial score (nSPS) is 22.5. The molecule has 0 aliphatic carbocycles. The number of nitrogens with one attached hydrogen (secondary N) is 1. The fourth-order valence-corrected chi connectivity index (χ4v) is 3.79. The molecule has 1 aromatic carbocycles. The zero-order chi connectivity index (χ0) is 16.7. The predicted octanol–water partition coefficient (Wildman–Crippen LogP) is 2.21. The molecule has 2 amide bonds. The van der Waals surface area contributed by atoms with Gasteiger partial charge in [-0.05, 0) is 24.5 Å². The first-order chi connectivity index (χ1) is 11.6. The number of carbonyl (C=O) groups is 2. The van der Waals surface area contributed by atoms with Crippen molar-refractivity contribution in [3.63, 3.8) is 0 Å². The fourth-order valence-electron chi connectivity index (χ4n) is 3.79. The molecular formula is C18H20N4O2. The summed E-state index contributed by atoms with van der Waals surface area (Å²) >= 11 is 0. The van der Waals surface area contributed by atoms with Gasteiger partial charge in [-0.2, -0.15) is 5.10 Å². The van der Waals surface area contributed by atoms with Crippen LogP contribution >= 0.6 is 0 Å². The number of aromatic nitrogens is 2. The van der Waals surface area contributed by atoms with E-state index in [1.165, 1.54) is 0 Å². The quantitative estimate of drug-likeness (QED) is 0.941. The first kappa shape index (κ1) is 14.9. The van der Waals surface area contributed by atoms with Crippen LogP contribution in [-0.2, 0) is 16.6 Å². The molecule has 0 saturated carbocycles. The van der Waals surface area contributed by atoms with E-state index in [2.05, 4.69) is 10.4 Å². The van der Waals surface area contributed by atoms with Crippen molar-refractivity contribution in [2.75, 3.05) is 11.9 Å². The Morgan fingerprint density at radius 2 is 2.21 bits per heavy atom. The van der Waals surface area contributed by atoms with E-state index < -0.39 is 0 Å². The van der Waals surface area contributed by atoms with Crippen LogP contribution in [0.5, 0.6) is 0 Å². The number of nitrogens with zero attached hydrogens (tertiary/aromatic N) is 3. The molecule has 124 valence electrons. The van der Waals surface area contributed by atoms with Crippen molar-refractivity contribution < 1.29 is 9.59 Å². The molecular weight excluding hydrogens is 304 g/mol. The third-order valence-electron chi connectivity index (χ3n) is 4.97. The number of anilines is 1. The van der Waals surface area contributed by atoms with Gasteiger partial charge in [0.05, 0.1) is 18.2 Å². The van der Waals surface area contributed by atoms with Crippen LogP contribution in [0.2, 0.25) is 0 Å². The average Bonchev–Trinajstić information content (AvgIpc) is 3.27. The Bertz CT molecular complexity index is 798. The number of amides is 2. The summed E-state index contributed by atoms with van der Waals surface area (Å²) in [6, 6.07) is 7.68. The van der Waals surface area contributed by atoms with Crippen LogP contribution in [0.15, 0.2) is 36.7 Å². The Balaban J connectivity index is 1.53. The fraction of sp³-hybridized carbons (Fsp3) is 0.389. The largest absolute Gasteiger partial charge is 0.336 e. The lowest BCUT2D eigenvalue weighted by Gasteiger charge is -2.25. The molecule has 0 bridgehead atoms. The van der Waals surface area contributed by atoms with Gasteiger partial charge in [-0.15, -0.1) is 0 Å². The summed E-state index contributed by atoms with van der Waals surface area (Å²) in [6.45, 7) is 0.744. The lowest BCUT2D eigenvalue weighted by Crippen LogP contribution is -2.32. The first-order valence-corrected chi connectivity index (χ1v) is 8.31.